The molecule has 0 saturated heterocycles. The lowest BCUT2D eigenvalue weighted by molar-refractivity contribution is 0.267. The Hall–Kier alpha value is -0.310. The first-order valence-electron chi connectivity index (χ1n) is 4.65. The molecule has 0 unspecified atom stereocenters. The monoisotopic (exact) mass is 186 g/mol. The van der Waals surface area contributed by atoms with E-state index in [0.717, 1.165) is 11.0 Å². The lowest BCUT2D eigenvalue weighted by atomic mass is 9.82. The zero-order valence-electron chi connectivity index (χ0n) is 8.05. The molecule has 70 valence electrons. The summed E-state index contributed by atoms with van der Waals surface area (Å²) in [5.41, 5.74) is 0. The van der Waals surface area contributed by atoms with Crippen LogP contribution in [0.4, 0.5) is 0 Å². The maximum atomic E-state index is 5.12. The van der Waals surface area contributed by atoms with Crippen LogP contribution in [0.2, 0.25) is 0 Å². The van der Waals surface area contributed by atoms with Crippen molar-refractivity contribution in [2.24, 2.45) is 5.92 Å². The molecule has 1 aliphatic carbocycles. The van der Waals surface area contributed by atoms with Crippen molar-refractivity contribution in [3.8, 4) is 0 Å². The van der Waals surface area contributed by atoms with E-state index in [9.17, 15) is 0 Å². The molecule has 1 fully saturated rings. The lowest BCUT2D eigenvalue weighted by Gasteiger charge is -2.34. The highest BCUT2D eigenvalue weighted by Gasteiger charge is 2.25. The SMILES string of the molecule is CC1CC(NC(=S)NC(C)C)C1. The van der Waals surface area contributed by atoms with E-state index in [1.165, 1.54) is 12.8 Å². The van der Waals surface area contributed by atoms with Crippen LogP contribution in [0, 0.1) is 5.92 Å². The fourth-order valence-corrected chi connectivity index (χ4v) is 1.91. The summed E-state index contributed by atoms with van der Waals surface area (Å²) in [5.74, 6) is 0.879. The van der Waals surface area contributed by atoms with Gasteiger partial charge in [-0.25, -0.2) is 0 Å². The minimum absolute atomic E-state index is 0.433. The maximum absolute atomic E-state index is 5.12. The van der Waals surface area contributed by atoms with Gasteiger partial charge in [0.15, 0.2) is 5.11 Å². The maximum Gasteiger partial charge on any atom is 0.166 e. The summed E-state index contributed by atoms with van der Waals surface area (Å²) in [6.45, 7) is 6.46. The third kappa shape index (κ3) is 2.97. The van der Waals surface area contributed by atoms with Gasteiger partial charge in [-0.3, -0.25) is 0 Å². The molecule has 0 heterocycles. The second kappa shape index (κ2) is 4.08. The Morgan fingerprint density at radius 1 is 1.42 bits per heavy atom. The molecule has 0 aromatic heterocycles. The van der Waals surface area contributed by atoms with Crippen LogP contribution in [0.3, 0.4) is 0 Å². The third-order valence-corrected chi connectivity index (χ3v) is 2.36. The summed E-state index contributed by atoms with van der Waals surface area (Å²) in [6, 6.07) is 1.06. The zero-order chi connectivity index (χ0) is 9.14. The number of nitrogens with one attached hydrogen (secondary N) is 2. The van der Waals surface area contributed by atoms with Crippen molar-refractivity contribution in [3.05, 3.63) is 0 Å². The predicted molar refractivity (Wildman–Crippen MR) is 56.2 cm³/mol. The van der Waals surface area contributed by atoms with Crippen LogP contribution in [-0.4, -0.2) is 17.2 Å². The van der Waals surface area contributed by atoms with Gasteiger partial charge in [0.2, 0.25) is 0 Å². The van der Waals surface area contributed by atoms with Crippen LogP contribution in [0.25, 0.3) is 0 Å². The molecule has 2 N–H and O–H groups in total. The Kier molecular flexibility index (Phi) is 3.32. The highest BCUT2D eigenvalue weighted by Crippen LogP contribution is 2.25. The van der Waals surface area contributed by atoms with E-state index in [2.05, 4.69) is 31.4 Å². The standard InChI is InChI=1S/C9H18N2S/c1-6(2)10-9(12)11-8-4-7(3)5-8/h6-8H,4-5H2,1-3H3,(H2,10,11,12). The van der Waals surface area contributed by atoms with Crippen LogP contribution in [0.15, 0.2) is 0 Å². The summed E-state index contributed by atoms with van der Waals surface area (Å²) in [4.78, 5) is 0. The van der Waals surface area contributed by atoms with Gasteiger partial charge in [-0.05, 0) is 44.8 Å². The second-order valence-corrected chi connectivity index (χ2v) is 4.45. The Morgan fingerprint density at radius 2 is 2.00 bits per heavy atom. The Bertz CT molecular complexity index is 162. The van der Waals surface area contributed by atoms with Crippen molar-refractivity contribution < 1.29 is 0 Å². The molecule has 0 spiro atoms. The Morgan fingerprint density at radius 3 is 2.42 bits per heavy atom. The van der Waals surface area contributed by atoms with E-state index in [4.69, 9.17) is 12.2 Å². The van der Waals surface area contributed by atoms with Gasteiger partial charge in [0.05, 0.1) is 0 Å². The fraction of sp³-hybridized carbons (Fsp3) is 0.889. The predicted octanol–water partition coefficient (Wildman–Crippen LogP) is 1.66. The summed E-state index contributed by atoms with van der Waals surface area (Å²) in [7, 11) is 0. The fourth-order valence-electron chi connectivity index (χ4n) is 1.51. The van der Waals surface area contributed by atoms with Gasteiger partial charge < -0.3 is 10.6 Å². The average Bonchev–Trinajstić information content (AvgIpc) is 1.82. The van der Waals surface area contributed by atoms with E-state index in [0.29, 0.717) is 12.1 Å². The quantitative estimate of drug-likeness (QED) is 0.641. The summed E-state index contributed by atoms with van der Waals surface area (Å²) >= 11 is 5.12. The molecule has 0 atom stereocenters. The van der Waals surface area contributed by atoms with Gasteiger partial charge in [0, 0.05) is 12.1 Å². The first-order chi connectivity index (χ1) is 5.58. The molecular formula is C9H18N2S. The minimum Gasteiger partial charge on any atom is -0.361 e. The summed E-state index contributed by atoms with van der Waals surface area (Å²) in [6.07, 6.45) is 2.53. The molecule has 1 rings (SSSR count). The highest BCUT2D eigenvalue weighted by atomic mass is 32.1. The van der Waals surface area contributed by atoms with Gasteiger partial charge in [-0.1, -0.05) is 6.92 Å². The van der Waals surface area contributed by atoms with Gasteiger partial charge in [-0.2, -0.15) is 0 Å². The van der Waals surface area contributed by atoms with Crippen molar-refractivity contribution in [1.82, 2.24) is 10.6 Å². The molecule has 1 aliphatic rings. The first kappa shape index (κ1) is 9.78. The average molecular weight is 186 g/mol. The van der Waals surface area contributed by atoms with Crippen LogP contribution in [-0.2, 0) is 0 Å². The van der Waals surface area contributed by atoms with E-state index in [1.54, 1.807) is 0 Å². The molecule has 1 saturated carbocycles. The zero-order valence-corrected chi connectivity index (χ0v) is 8.87. The van der Waals surface area contributed by atoms with E-state index in [1.807, 2.05) is 0 Å². The third-order valence-electron chi connectivity index (χ3n) is 2.13. The number of hydrogen-bond acceptors (Lipinski definition) is 1. The van der Waals surface area contributed by atoms with Crippen molar-refractivity contribution in [2.45, 2.75) is 45.7 Å². The molecule has 0 bridgehead atoms. The van der Waals surface area contributed by atoms with Crippen LogP contribution in [0.5, 0.6) is 0 Å². The van der Waals surface area contributed by atoms with E-state index in [-0.39, 0.29) is 0 Å². The van der Waals surface area contributed by atoms with Gasteiger partial charge in [0.1, 0.15) is 0 Å². The molecule has 0 radical (unpaired) electrons. The molecule has 12 heavy (non-hydrogen) atoms. The normalized spacial score (nSPS) is 28.0. The molecule has 0 aromatic carbocycles. The smallest absolute Gasteiger partial charge is 0.166 e. The summed E-state index contributed by atoms with van der Waals surface area (Å²) in [5, 5.41) is 7.28. The second-order valence-electron chi connectivity index (χ2n) is 4.05. The number of thiocarbonyl (C=S) groups is 1. The molecule has 3 heteroatoms. The van der Waals surface area contributed by atoms with Crippen LogP contribution >= 0.6 is 12.2 Å². The molecule has 2 nitrogen and oxygen atoms in total. The largest absolute Gasteiger partial charge is 0.361 e. The Labute approximate surface area is 80.1 Å². The van der Waals surface area contributed by atoms with Crippen LogP contribution in [0.1, 0.15) is 33.6 Å². The minimum atomic E-state index is 0.433. The van der Waals surface area contributed by atoms with Crippen molar-refractivity contribution >= 4 is 17.3 Å². The van der Waals surface area contributed by atoms with Crippen molar-refractivity contribution in [1.29, 1.82) is 0 Å². The van der Waals surface area contributed by atoms with E-state index >= 15 is 0 Å². The van der Waals surface area contributed by atoms with Crippen LogP contribution < -0.4 is 10.6 Å². The molecule has 0 aliphatic heterocycles. The van der Waals surface area contributed by atoms with Gasteiger partial charge in [-0.15, -0.1) is 0 Å². The van der Waals surface area contributed by atoms with Crippen molar-refractivity contribution in [3.63, 3.8) is 0 Å². The van der Waals surface area contributed by atoms with Gasteiger partial charge >= 0.3 is 0 Å². The summed E-state index contributed by atoms with van der Waals surface area (Å²) < 4.78 is 0. The highest BCUT2D eigenvalue weighted by molar-refractivity contribution is 7.80. The van der Waals surface area contributed by atoms with Gasteiger partial charge in [0.25, 0.3) is 0 Å². The van der Waals surface area contributed by atoms with E-state index < -0.39 is 0 Å². The molecular weight excluding hydrogens is 168 g/mol. The molecule has 0 amide bonds. The number of rotatable bonds is 2. The number of hydrogen-bond donors (Lipinski definition) is 2. The Balaban J connectivity index is 2.11. The first-order valence-corrected chi connectivity index (χ1v) is 5.05. The molecule has 0 aromatic rings. The topological polar surface area (TPSA) is 24.1 Å². The van der Waals surface area contributed by atoms with Crippen molar-refractivity contribution in [2.75, 3.05) is 0 Å². The lowest BCUT2D eigenvalue weighted by Crippen LogP contribution is -2.49.